The second kappa shape index (κ2) is 6.86. The Balaban J connectivity index is 1.63. The quantitative estimate of drug-likeness (QED) is 0.526. The molecule has 2 fully saturated rings. The van der Waals surface area contributed by atoms with Crippen molar-refractivity contribution in [2.24, 2.45) is 7.05 Å². The summed E-state index contributed by atoms with van der Waals surface area (Å²) in [6.07, 6.45) is 3.64. The van der Waals surface area contributed by atoms with Gasteiger partial charge in [-0.3, -0.25) is 9.59 Å². The molecule has 3 rings (SSSR count). The van der Waals surface area contributed by atoms with Crippen molar-refractivity contribution in [2.75, 3.05) is 18.1 Å². The minimum atomic E-state index is -3.10. The highest BCUT2D eigenvalue weighted by Crippen LogP contribution is 2.32. The third-order valence-electron chi connectivity index (χ3n) is 4.78. The minimum Gasteiger partial charge on any atom is -0.451 e. The summed E-state index contributed by atoms with van der Waals surface area (Å²) in [5, 5.41) is 0. The van der Waals surface area contributed by atoms with Gasteiger partial charge in [0, 0.05) is 30.9 Å². The van der Waals surface area contributed by atoms with Crippen LogP contribution < -0.4 is 0 Å². The molecule has 8 nitrogen and oxygen atoms in total. The first-order valence-corrected chi connectivity index (χ1v) is 10.4. The van der Waals surface area contributed by atoms with Crippen molar-refractivity contribution in [1.82, 2.24) is 9.47 Å². The zero-order valence-electron chi connectivity index (χ0n) is 14.8. The number of rotatable bonds is 6. The molecule has 1 saturated heterocycles. The Morgan fingerprint density at radius 1 is 1.23 bits per heavy atom. The van der Waals surface area contributed by atoms with Crippen LogP contribution in [-0.2, 0) is 26.4 Å². The molecule has 0 N–H and O–H groups in total. The van der Waals surface area contributed by atoms with Gasteiger partial charge in [0.25, 0.3) is 5.91 Å². The van der Waals surface area contributed by atoms with Gasteiger partial charge in [0.1, 0.15) is 5.69 Å². The number of sulfone groups is 1. The number of carbonyl (C=O) groups is 3. The minimum absolute atomic E-state index is 0.0248. The van der Waals surface area contributed by atoms with E-state index >= 15 is 0 Å². The first-order valence-electron chi connectivity index (χ1n) is 8.54. The van der Waals surface area contributed by atoms with Crippen LogP contribution >= 0.6 is 0 Å². The second-order valence-corrected chi connectivity index (χ2v) is 9.18. The first kappa shape index (κ1) is 18.6. The third-order valence-corrected chi connectivity index (χ3v) is 6.53. The number of aromatic nitrogens is 1. The molecule has 2 aliphatic rings. The van der Waals surface area contributed by atoms with Gasteiger partial charge in [0.2, 0.25) is 0 Å². The van der Waals surface area contributed by atoms with E-state index in [0.29, 0.717) is 12.0 Å². The van der Waals surface area contributed by atoms with Crippen LogP contribution in [-0.4, -0.2) is 65.7 Å². The Hall–Kier alpha value is -2.16. The molecule has 0 bridgehead atoms. The number of Topliss-reactive ketones (excluding diaryl/α,β-unsaturated/α-hetero) is 1. The van der Waals surface area contributed by atoms with E-state index in [1.54, 1.807) is 11.9 Å². The number of ketones is 1. The summed E-state index contributed by atoms with van der Waals surface area (Å²) in [4.78, 5) is 37.7. The van der Waals surface area contributed by atoms with Gasteiger partial charge < -0.3 is 14.2 Å². The van der Waals surface area contributed by atoms with Crippen LogP contribution in [0.25, 0.3) is 0 Å². The number of amides is 1. The van der Waals surface area contributed by atoms with E-state index in [0.717, 1.165) is 12.8 Å². The molecule has 0 unspecified atom stereocenters. The summed E-state index contributed by atoms with van der Waals surface area (Å²) < 4.78 is 30.0. The second-order valence-electron chi connectivity index (χ2n) is 6.95. The number of hydrogen-bond acceptors (Lipinski definition) is 6. The van der Waals surface area contributed by atoms with E-state index < -0.39 is 22.4 Å². The number of ether oxygens (including phenoxy) is 1. The van der Waals surface area contributed by atoms with Gasteiger partial charge in [-0.15, -0.1) is 0 Å². The highest BCUT2D eigenvalue weighted by Gasteiger charge is 2.42. The van der Waals surface area contributed by atoms with Crippen molar-refractivity contribution in [3.63, 3.8) is 0 Å². The summed E-state index contributed by atoms with van der Waals surface area (Å²) in [7, 11) is -1.49. The molecule has 1 aromatic rings. The van der Waals surface area contributed by atoms with Gasteiger partial charge in [-0.25, -0.2) is 13.2 Å². The van der Waals surface area contributed by atoms with Crippen LogP contribution in [0.15, 0.2) is 12.3 Å². The topological polar surface area (TPSA) is 103 Å². The summed E-state index contributed by atoms with van der Waals surface area (Å²) in [6, 6.07) is 1.13. The normalized spacial score (nSPS) is 21.4. The largest absolute Gasteiger partial charge is 0.451 e. The molecule has 9 heteroatoms. The third kappa shape index (κ3) is 3.98. The molecule has 1 aromatic heterocycles. The first-order chi connectivity index (χ1) is 12.2. The molecule has 142 valence electrons. The van der Waals surface area contributed by atoms with E-state index in [1.807, 2.05) is 0 Å². The van der Waals surface area contributed by atoms with Gasteiger partial charge in [0.15, 0.2) is 22.2 Å². The van der Waals surface area contributed by atoms with Crippen LogP contribution in [0, 0.1) is 0 Å². The SMILES string of the molecule is CC(=O)c1cc(C(=O)OCC(=O)N(C2CC2)[C@H]2CCS(=O)(=O)C2)n(C)c1. The fraction of sp³-hybridized carbons (Fsp3) is 0.588. The zero-order chi connectivity index (χ0) is 19.1. The fourth-order valence-corrected chi connectivity index (χ4v) is 5.00. The molecular weight excluding hydrogens is 360 g/mol. The van der Waals surface area contributed by atoms with Gasteiger partial charge in [-0.1, -0.05) is 0 Å². The van der Waals surface area contributed by atoms with Crippen molar-refractivity contribution in [3.05, 3.63) is 23.5 Å². The monoisotopic (exact) mass is 382 g/mol. The molecule has 0 aromatic carbocycles. The number of esters is 1. The van der Waals surface area contributed by atoms with Crippen LogP contribution in [0.1, 0.15) is 47.0 Å². The van der Waals surface area contributed by atoms with Gasteiger partial charge in [0.05, 0.1) is 11.5 Å². The van der Waals surface area contributed by atoms with E-state index in [1.165, 1.54) is 23.8 Å². The van der Waals surface area contributed by atoms with Crippen molar-refractivity contribution < 1.29 is 27.5 Å². The summed E-state index contributed by atoms with van der Waals surface area (Å²) in [5.74, 6) is -1.17. The maximum atomic E-state index is 12.5. The lowest BCUT2D eigenvalue weighted by atomic mass is 10.2. The van der Waals surface area contributed by atoms with E-state index in [2.05, 4.69) is 0 Å². The number of carbonyl (C=O) groups excluding carboxylic acids is 3. The van der Waals surface area contributed by atoms with Crippen LogP contribution in [0.3, 0.4) is 0 Å². The number of hydrogen-bond donors (Lipinski definition) is 0. The Bertz CT molecular complexity index is 853. The van der Waals surface area contributed by atoms with E-state index in [-0.39, 0.29) is 41.0 Å². The summed E-state index contributed by atoms with van der Waals surface area (Å²) in [5.41, 5.74) is 0.575. The molecular formula is C17H22N2O6S. The Morgan fingerprint density at radius 2 is 1.92 bits per heavy atom. The average Bonchev–Trinajstić information content (AvgIpc) is 3.20. The summed E-state index contributed by atoms with van der Waals surface area (Å²) >= 11 is 0. The van der Waals surface area contributed by atoms with E-state index in [9.17, 15) is 22.8 Å². The zero-order valence-corrected chi connectivity index (χ0v) is 15.6. The molecule has 0 spiro atoms. The highest BCUT2D eigenvalue weighted by atomic mass is 32.2. The predicted molar refractivity (Wildman–Crippen MR) is 92.6 cm³/mol. The lowest BCUT2D eigenvalue weighted by Crippen LogP contribution is -2.44. The van der Waals surface area contributed by atoms with Crippen LogP contribution in [0.5, 0.6) is 0 Å². The molecule has 2 heterocycles. The lowest BCUT2D eigenvalue weighted by molar-refractivity contribution is -0.137. The van der Waals surface area contributed by atoms with Gasteiger partial charge in [-0.05, 0) is 32.3 Å². The van der Waals surface area contributed by atoms with Crippen molar-refractivity contribution in [2.45, 2.75) is 38.3 Å². The molecule has 1 aliphatic carbocycles. The lowest BCUT2D eigenvalue weighted by Gasteiger charge is -2.28. The molecule has 1 aliphatic heterocycles. The standard InChI is InChI=1S/C17H22N2O6S/c1-11(20)12-7-15(18(2)8-12)17(22)25-9-16(21)19(13-3-4-13)14-5-6-26(23,24)10-14/h7-8,13-14H,3-6,9-10H2,1-2H3/t14-/m0/s1. The Labute approximate surface area is 152 Å². The maximum absolute atomic E-state index is 12.5. The molecule has 0 radical (unpaired) electrons. The smallest absolute Gasteiger partial charge is 0.355 e. The van der Waals surface area contributed by atoms with Crippen molar-refractivity contribution >= 4 is 27.5 Å². The van der Waals surface area contributed by atoms with Crippen LogP contribution in [0.4, 0.5) is 0 Å². The predicted octanol–water partition coefficient (Wildman–Crippen LogP) is 0.563. The highest BCUT2D eigenvalue weighted by molar-refractivity contribution is 7.91. The van der Waals surface area contributed by atoms with Crippen molar-refractivity contribution in [1.29, 1.82) is 0 Å². The summed E-state index contributed by atoms with van der Waals surface area (Å²) in [6.45, 7) is 0.962. The fourth-order valence-electron chi connectivity index (χ4n) is 3.29. The molecule has 1 amide bonds. The Morgan fingerprint density at radius 3 is 2.42 bits per heavy atom. The average molecular weight is 382 g/mol. The number of aryl methyl sites for hydroxylation is 1. The van der Waals surface area contributed by atoms with E-state index in [4.69, 9.17) is 4.74 Å². The molecule has 1 saturated carbocycles. The van der Waals surface area contributed by atoms with Gasteiger partial charge >= 0.3 is 5.97 Å². The maximum Gasteiger partial charge on any atom is 0.355 e. The van der Waals surface area contributed by atoms with Crippen molar-refractivity contribution in [3.8, 4) is 0 Å². The number of nitrogens with zero attached hydrogens (tertiary/aromatic N) is 2. The Kier molecular flexibility index (Phi) is 4.92. The van der Waals surface area contributed by atoms with Crippen LogP contribution in [0.2, 0.25) is 0 Å². The molecule has 1 atom stereocenters. The van der Waals surface area contributed by atoms with Gasteiger partial charge in [-0.2, -0.15) is 0 Å². The molecule has 26 heavy (non-hydrogen) atoms.